The molecule has 4 rings (SSSR count). The molecule has 190 valence electrons. The molecule has 0 unspecified atom stereocenters. The van der Waals surface area contributed by atoms with Crippen LogP contribution < -0.4 is 24.8 Å². The van der Waals surface area contributed by atoms with Crippen LogP contribution in [0.1, 0.15) is 11.1 Å². The first-order valence-electron chi connectivity index (χ1n) is 11.6. The van der Waals surface area contributed by atoms with Gasteiger partial charge in [0.1, 0.15) is 5.75 Å². The van der Waals surface area contributed by atoms with Crippen molar-refractivity contribution in [2.45, 2.75) is 6.42 Å². The number of nitrogens with one attached hydrogen (secondary N) is 2. The predicted molar refractivity (Wildman–Crippen MR) is 145 cm³/mol. The molecule has 0 aliphatic carbocycles. The molecule has 9 heteroatoms. The van der Waals surface area contributed by atoms with Gasteiger partial charge in [-0.15, -0.1) is 0 Å². The van der Waals surface area contributed by atoms with E-state index in [9.17, 15) is 9.59 Å². The average Bonchev–Trinajstić information content (AvgIpc) is 3.26. The van der Waals surface area contributed by atoms with Crippen molar-refractivity contribution >= 4 is 40.5 Å². The first-order chi connectivity index (χ1) is 18.0. The Hall–Kier alpha value is -4.24. The van der Waals surface area contributed by atoms with Crippen molar-refractivity contribution in [3.63, 3.8) is 0 Å². The number of amides is 2. The number of carbonyl (C=O) groups is 2. The molecule has 37 heavy (non-hydrogen) atoms. The maximum Gasteiger partial charge on any atom is 0.264 e. The van der Waals surface area contributed by atoms with Gasteiger partial charge in [0.05, 0.1) is 24.8 Å². The summed E-state index contributed by atoms with van der Waals surface area (Å²) in [5.41, 5.74) is 2.61. The van der Waals surface area contributed by atoms with Gasteiger partial charge in [0.15, 0.2) is 23.3 Å². The van der Waals surface area contributed by atoms with Gasteiger partial charge in [-0.2, -0.15) is 0 Å². The Labute approximate surface area is 219 Å². The molecule has 2 amide bonds. The number of rotatable bonds is 10. The minimum Gasteiger partial charge on any atom is -0.497 e. The van der Waals surface area contributed by atoms with Crippen molar-refractivity contribution in [2.75, 3.05) is 27.4 Å². The second kappa shape index (κ2) is 12.6. The molecule has 1 fully saturated rings. The van der Waals surface area contributed by atoms with E-state index < -0.39 is 0 Å². The highest BCUT2D eigenvalue weighted by Gasteiger charge is 2.24. The Morgan fingerprint density at radius 2 is 1.78 bits per heavy atom. The maximum atomic E-state index is 12.5. The van der Waals surface area contributed by atoms with Crippen LogP contribution in [-0.4, -0.2) is 44.4 Å². The van der Waals surface area contributed by atoms with Crippen LogP contribution >= 0.6 is 11.8 Å². The summed E-state index contributed by atoms with van der Waals surface area (Å²) in [7, 11) is 3.12. The first-order valence-corrected chi connectivity index (χ1v) is 12.4. The summed E-state index contributed by atoms with van der Waals surface area (Å²) in [6, 6.07) is 22.4. The normalized spacial score (nSPS) is 14.9. The van der Waals surface area contributed by atoms with Gasteiger partial charge in [-0.05, 0) is 71.8 Å². The van der Waals surface area contributed by atoms with Crippen LogP contribution in [0.25, 0.3) is 6.08 Å². The highest BCUT2D eigenvalue weighted by atomic mass is 32.2. The molecule has 0 radical (unpaired) electrons. The van der Waals surface area contributed by atoms with Gasteiger partial charge in [0, 0.05) is 6.54 Å². The van der Waals surface area contributed by atoms with Crippen LogP contribution in [0, 0.1) is 0 Å². The number of carbonyl (C=O) groups excluding carboxylic acids is 2. The molecule has 2 N–H and O–H groups in total. The molecule has 0 bridgehead atoms. The molecular formula is C28H27N3O5S. The van der Waals surface area contributed by atoms with Crippen molar-refractivity contribution in [3.05, 3.63) is 88.8 Å². The standard InChI is InChI=1S/C28H27N3O5S/c1-34-22-11-9-21(10-12-22)30-28-31-27(33)25(37-28)17-20-8-13-23(24(16-20)35-2)36-18-26(32)29-15-14-19-6-4-3-5-7-19/h3-13,16-17H,14-15,18H2,1-2H3,(H,29,32)(H,30,31,33)/b25-17+. The lowest BCUT2D eigenvalue weighted by Crippen LogP contribution is -2.30. The van der Waals surface area contributed by atoms with Gasteiger partial charge in [0.2, 0.25) is 0 Å². The summed E-state index contributed by atoms with van der Waals surface area (Å²) in [6.07, 6.45) is 2.50. The minimum atomic E-state index is -0.233. The number of methoxy groups -OCH3 is 2. The molecule has 1 aliphatic rings. The second-order valence-corrected chi connectivity index (χ2v) is 8.99. The Balaban J connectivity index is 1.34. The van der Waals surface area contributed by atoms with Gasteiger partial charge >= 0.3 is 0 Å². The van der Waals surface area contributed by atoms with E-state index in [4.69, 9.17) is 14.2 Å². The van der Waals surface area contributed by atoms with Crippen molar-refractivity contribution < 1.29 is 23.8 Å². The topological polar surface area (TPSA) is 98.3 Å². The zero-order chi connectivity index (χ0) is 26.0. The molecule has 1 saturated heterocycles. The minimum absolute atomic E-state index is 0.130. The van der Waals surface area contributed by atoms with Crippen LogP contribution in [-0.2, 0) is 16.0 Å². The molecule has 1 aliphatic heterocycles. The smallest absolute Gasteiger partial charge is 0.264 e. The summed E-state index contributed by atoms with van der Waals surface area (Å²) in [6.45, 7) is 0.397. The van der Waals surface area contributed by atoms with E-state index in [1.54, 1.807) is 31.4 Å². The molecule has 0 spiro atoms. The number of thioether (sulfide) groups is 1. The number of hydrogen-bond acceptors (Lipinski definition) is 7. The van der Waals surface area contributed by atoms with Crippen LogP contribution in [0.4, 0.5) is 5.69 Å². The quantitative estimate of drug-likeness (QED) is 0.389. The van der Waals surface area contributed by atoms with Gasteiger partial charge in [-0.1, -0.05) is 36.4 Å². The Morgan fingerprint density at radius 3 is 2.51 bits per heavy atom. The lowest BCUT2D eigenvalue weighted by atomic mass is 10.1. The van der Waals surface area contributed by atoms with Crippen molar-refractivity contribution in [1.82, 2.24) is 10.6 Å². The SMILES string of the molecule is COc1ccc(N=C2NC(=O)/C(=C\c3ccc(OCC(=O)NCCc4ccccc4)c(OC)c3)S2)cc1. The fourth-order valence-electron chi connectivity index (χ4n) is 3.48. The molecule has 0 saturated carbocycles. The van der Waals surface area contributed by atoms with Gasteiger partial charge in [0.25, 0.3) is 11.8 Å². The van der Waals surface area contributed by atoms with Gasteiger partial charge in [-0.3, -0.25) is 9.59 Å². The summed E-state index contributed by atoms with van der Waals surface area (Å²) in [5, 5.41) is 6.12. The second-order valence-electron chi connectivity index (χ2n) is 7.96. The Morgan fingerprint density at radius 1 is 1.00 bits per heavy atom. The highest BCUT2D eigenvalue weighted by Crippen LogP contribution is 2.32. The third-order valence-corrected chi connectivity index (χ3v) is 6.29. The molecular weight excluding hydrogens is 490 g/mol. The summed E-state index contributed by atoms with van der Waals surface area (Å²) in [5.74, 6) is 1.18. The van der Waals surface area contributed by atoms with E-state index in [1.807, 2.05) is 54.6 Å². The number of amidine groups is 1. The number of hydrogen-bond donors (Lipinski definition) is 2. The average molecular weight is 518 g/mol. The van der Waals surface area contributed by atoms with Crippen molar-refractivity contribution in [2.24, 2.45) is 4.99 Å². The molecule has 3 aromatic rings. The van der Waals surface area contributed by atoms with Gasteiger partial charge < -0.3 is 24.8 Å². The van der Waals surface area contributed by atoms with Crippen LogP contribution in [0.5, 0.6) is 17.2 Å². The third kappa shape index (κ3) is 7.37. The summed E-state index contributed by atoms with van der Waals surface area (Å²) < 4.78 is 16.3. The predicted octanol–water partition coefficient (Wildman–Crippen LogP) is 4.33. The number of ether oxygens (including phenoxy) is 3. The lowest BCUT2D eigenvalue weighted by molar-refractivity contribution is -0.123. The third-order valence-electron chi connectivity index (χ3n) is 5.38. The number of nitrogens with zero attached hydrogens (tertiary/aromatic N) is 1. The molecule has 0 atom stereocenters. The Kier molecular flexibility index (Phi) is 8.83. The highest BCUT2D eigenvalue weighted by molar-refractivity contribution is 8.18. The lowest BCUT2D eigenvalue weighted by Gasteiger charge is -2.11. The fraction of sp³-hybridized carbons (Fsp3) is 0.179. The monoisotopic (exact) mass is 517 g/mol. The maximum absolute atomic E-state index is 12.5. The van der Waals surface area contributed by atoms with Crippen LogP contribution in [0.15, 0.2) is 82.7 Å². The van der Waals surface area contributed by atoms with Crippen molar-refractivity contribution in [3.8, 4) is 17.2 Å². The molecule has 3 aromatic carbocycles. The largest absolute Gasteiger partial charge is 0.497 e. The van der Waals surface area contributed by atoms with Crippen LogP contribution in [0.3, 0.4) is 0 Å². The zero-order valence-electron chi connectivity index (χ0n) is 20.5. The van der Waals surface area contributed by atoms with E-state index in [0.29, 0.717) is 33.8 Å². The fourth-order valence-corrected chi connectivity index (χ4v) is 4.33. The molecule has 1 heterocycles. The van der Waals surface area contributed by atoms with E-state index in [1.165, 1.54) is 18.9 Å². The molecule has 0 aromatic heterocycles. The van der Waals surface area contributed by atoms with E-state index >= 15 is 0 Å². The molecule has 8 nitrogen and oxygen atoms in total. The first kappa shape index (κ1) is 25.8. The Bertz CT molecular complexity index is 1310. The van der Waals surface area contributed by atoms with E-state index in [0.717, 1.165) is 23.3 Å². The summed E-state index contributed by atoms with van der Waals surface area (Å²) >= 11 is 1.25. The van der Waals surface area contributed by atoms with Crippen LogP contribution in [0.2, 0.25) is 0 Å². The van der Waals surface area contributed by atoms with Gasteiger partial charge in [-0.25, -0.2) is 4.99 Å². The van der Waals surface area contributed by atoms with E-state index in [-0.39, 0.29) is 18.4 Å². The number of aliphatic imine (C=N–C) groups is 1. The van der Waals surface area contributed by atoms with Crippen molar-refractivity contribution in [1.29, 1.82) is 0 Å². The van der Waals surface area contributed by atoms with E-state index in [2.05, 4.69) is 15.6 Å². The summed E-state index contributed by atoms with van der Waals surface area (Å²) in [4.78, 5) is 29.6. The number of benzene rings is 3. The zero-order valence-corrected chi connectivity index (χ0v) is 21.3.